The lowest BCUT2D eigenvalue weighted by Crippen LogP contribution is -2.19. The van der Waals surface area contributed by atoms with Gasteiger partial charge in [0.05, 0.1) is 24.1 Å². The van der Waals surface area contributed by atoms with Gasteiger partial charge in [0.2, 0.25) is 0 Å². The molecule has 128 valence electrons. The summed E-state index contributed by atoms with van der Waals surface area (Å²) in [5, 5.41) is 1.10. The summed E-state index contributed by atoms with van der Waals surface area (Å²) in [7, 11) is -2.50. The predicted octanol–water partition coefficient (Wildman–Crippen LogP) is 3.29. The average molecular weight is 355 g/mol. The summed E-state index contributed by atoms with van der Waals surface area (Å²) in [6.07, 6.45) is 2.61. The maximum atomic E-state index is 11.7. The molecule has 0 bridgehead atoms. The van der Waals surface area contributed by atoms with E-state index in [9.17, 15) is 8.42 Å². The van der Waals surface area contributed by atoms with Gasteiger partial charge in [0, 0.05) is 23.1 Å². The third-order valence-corrected chi connectivity index (χ3v) is 5.89. The van der Waals surface area contributed by atoms with Crippen LogP contribution in [0.4, 0.5) is 0 Å². The summed E-state index contributed by atoms with van der Waals surface area (Å²) >= 11 is 0. The molecule has 4 rings (SSSR count). The monoisotopic (exact) mass is 355 g/mol. The van der Waals surface area contributed by atoms with Gasteiger partial charge in [-0.2, -0.15) is 8.42 Å². The Labute approximate surface area is 146 Å². The molecule has 2 heterocycles. The third kappa shape index (κ3) is 2.88. The number of ether oxygens (including phenoxy) is 1. The van der Waals surface area contributed by atoms with Crippen molar-refractivity contribution in [3.05, 3.63) is 65.9 Å². The zero-order chi connectivity index (χ0) is 17.4. The molecule has 3 aromatic rings. The van der Waals surface area contributed by atoms with Gasteiger partial charge in [-0.1, -0.05) is 18.2 Å². The minimum atomic E-state index is -3.66. The highest BCUT2D eigenvalue weighted by atomic mass is 32.2. The van der Waals surface area contributed by atoms with Crippen molar-refractivity contribution in [2.24, 2.45) is 0 Å². The van der Waals surface area contributed by atoms with E-state index in [-0.39, 0.29) is 10.8 Å². The van der Waals surface area contributed by atoms with Crippen LogP contribution in [0.25, 0.3) is 10.9 Å². The van der Waals surface area contributed by atoms with Crippen LogP contribution in [0.15, 0.2) is 59.6 Å². The highest BCUT2D eigenvalue weighted by Crippen LogP contribution is 2.36. The standard InChI is InChI=1S/C19H17NO4S/c1-23-25(21,22)15-6-4-13(5-7-15)14-11-17-16-3-2-10-20-18(16)8-9-19(17)24-12-14/h2-10,14H,11-12H2,1H3. The molecule has 0 fully saturated rings. The summed E-state index contributed by atoms with van der Waals surface area (Å²) in [6, 6.07) is 14.7. The fourth-order valence-electron chi connectivity index (χ4n) is 3.25. The number of pyridine rings is 1. The van der Waals surface area contributed by atoms with Gasteiger partial charge in [0.15, 0.2) is 0 Å². The molecule has 25 heavy (non-hydrogen) atoms. The lowest BCUT2D eigenvalue weighted by atomic mass is 9.88. The number of aromatic nitrogens is 1. The molecule has 0 aliphatic carbocycles. The van der Waals surface area contributed by atoms with Gasteiger partial charge in [-0.25, -0.2) is 0 Å². The molecule has 1 atom stereocenters. The molecule has 1 unspecified atom stereocenters. The fourth-order valence-corrected chi connectivity index (χ4v) is 3.91. The summed E-state index contributed by atoms with van der Waals surface area (Å²) in [4.78, 5) is 4.56. The Morgan fingerprint density at radius 1 is 1.12 bits per heavy atom. The van der Waals surface area contributed by atoms with E-state index in [0.717, 1.165) is 41.3 Å². The SMILES string of the molecule is COS(=O)(=O)c1ccc(C2COc3ccc4ncccc4c3C2)cc1. The van der Waals surface area contributed by atoms with E-state index in [4.69, 9.17) is 4.74 Å². The Morgan fingerprint density at radius 2 is 1.92 bits per heavy atom. The van der Waals surface area contributed by atoms with Crippen LogP contribution >= 0.6 is 0 Å². The van der Waals surface area contributed by atoms with E-state index in [1.165, 1.54) is 0 Å². The van der Waals surface area contributed by atoms with E-state index >= 15 is 0 Å². The molecule has 2 aromatic carbocycles. The van der Waals surface area contributed by atoms with Crippen LogP contribution in [0.1, 0.15) is 17.0 Å². The van der Waals surface area contributed by atoms with Crippen LogP contribution in [0, 0.1) is 0 Å². The van der Waals surface area contributed by atoms with E-state index in [1.807, 2.05) is 30.3 Å². The Morgan fingerprint density at radius 3 is 2.68 bits per heavy atom. The minimum Gasteiger partial charge on any atom is -0.493 e. The van der Waals surface area contributed by atoms with Gasteiger partial charge in [-0.15, -0.1) is 0 Å². The van der Waals surface area contributed by atoms with Crippen molar-refractivity contribution < 1.29 is 17.3 Å². The summed E-state index contributed by atoms with van der Waals surface area (Å²) in [6.45, 7) is 0.565. The quantitative estimate of drug-likeness (QED) is 0.675. The van der Waals surface area contributed by atoms with E-state index < -0.39 is 10.1 Å². The van der Waals surface area contributed by atoms with Crippen molar-refractivity contribution >= 4 is 21.0 Å². The predicted molar refractivity (Wildman–Crippen MR) is 94.3 cm³/mol. The van der Waals surface area contributed by atoms with Crippen molar-refractivity contribution in [2.75, 3.05) is 13.7 Å². The highest BCUT2D eigenvalue weighted by Gasteiger charge is 2.24. The first-order valence-electron chi connectivity index (χ1n) is 7.98. The van der Waals surface area contributed by atoms with Crippen LogP contribution in [0.5, 0.6) is 5.75 Å². The maximum absolute atomic E-state index is 11.7. The van der Waals surface area contributed by atoms with E-state index in [0.29, 0.717) is 6.61 Å². The minimum absolute atomic E-state index is 0.158. The smallest absolute Gasteiger partial charge is 0.296 e. The second-order valence-electron chi connectivity index (χ2n) is 6.01. The highest BCUT2D eigenvalue weighted by molar-refractivity contribution is 7.86. The van der Waals surface area contributed by atoms with Crippen molar-refractivity contribution in [1.29, 1.82) is 0 Å². The zero-order valence-corrected chi connectivity index (χ0v) is 14.5. The Balaban J connectivity index is 1.67. The number of nitrogens with zero attached hydrogens (tertiary/aromatic N) is 1. The zero-order valence-electron chi connectivity index (χ0n) is 13.7. The van der Waals surface area contributed by atoms with E-state index in [1.54, 1.807) is 18.3 Å². The molecule has 0 radical (unpaired) electrons. The first kappa shape index (κ1) is 16.1. The van der Waals surface area contributed by atoms with Gasteiger partial charge < -0.3 is 4.74 Å². The van der Waals surface area contributed by atoms with Crippen molar-refractivity contribution in [3.8, 4) is 5.75 Å². The molecule has 5 nitrogen and oxygen atoms in total. The van der Waals surface area contributed by atoms with Crippen LogP contribution in [0.3, 0.4) is 0 Å². The molecule has 1 aliphatic heterocycles. The molecule has 0 amide bonds. The van der Waals surface area contributed by atoms with Gasteiger partial charge in [-0.3, -0.25) is 9.17 Å². The van der Waals surface area contributed by atoms with Gasteiger partial charge in [0.1, 0.15) is 5.75 Å². The van der Waals surface area contributed by atoms with Gasteiger partial charge >= 0.3 is 0 Å². The second kappa shape index (κ2) is 6.13. The summed E-state index contributed by atoms with van der Waals surface area (Å²) in [5.74, 6) is 1.06. The molecule has 1 aromatic heterocycles. The Hall–Kier alpha value is -2.44. The summed E-state index contributed by atoms with van der Waals surface area (Å²) < 4.78 is 34.0. The largest absolute Gasteiger partial charge is 0.493 e. The second-order valence-corrected chi connectivity index (χ2v) is 7.73. The molecule has 6 heteroatoms. The molecule has 1 aliphatic rings. The molecule has 0 saturated heterocycles. The molecular weight excluding hydrogens is 338 g/mol. The van der Waals surface area contributed by atoms with Crippen LogP contribution in [0.2, 0.25) is 0 Å². The molecule has 0 N–H and O–H groups in total. The number of hydrogen-bond acceptors (Lipinski definition) is 5. The van der Waals surface area contributed by atoms with Crippen molar-refractivity contribution in [3.63, 3.8) is 0 Å². The first-order valence-corrected chi connectivity index (χ1v) is 9.39. The van der Waals surface area contributed by atoms with Crippen LogP contribution in [-0.2, 0) is 20.7 Å². The van der Waals surface area contributed by atoms with Crippen LogP contribution in [-0.4, -0.2) is 27.1 Å². The molecular formula is C19H17NO4S. The number of fused-ring (bicyclic) bond motifs is 3. The molecule has 0 saturated carbocycles. The van der Waals surface area contributed by atoms with Crippen molar-refractivity contribution in [2.45, 2.75) is 17.2 Å². The number of hydrogen-bond donors (Lipinski definition) is 0. The first-order chi connectivity index (χ1) is 12.1. The lowest BCUT2D eigenvalue weighted by Gasteiger charge is -2.26. The van der Waals surface area contributed by atoms with Gasteiger partial charge in [0.25, 0.3) is 10.1 Å². The van der Waals surface area contributed by atoms with Crippen LogP contribution < -0.4 is 4.74 Å². The normalized spacial score (nSPS) is 17.1. The number of benzene rings is 2. The Bertz CT molecular complexity index is 1030. The third-order valence-electron chi connectivity index (χ3n) is 4.60. The fraction of sp³-hybridized carbons (Fsp3) is 0.211. The molecule has 0 spiro atoms. The lowest BCUT2D eigenvalue weighted by molar-refractivity contribution is 0.264. The van der Waals surface area contributed by atoms with E-state index in [2.05, 4.69) is 15.2 Å². The Kier molecular flexibility index (Phi) is 3.94. The average Bonchev–Trinajstić information content (AvgIpc) is 2.67. The summed E-state index contributed by atoms with van der Waals surface area (Å²) in [5.41, 5.74) is 3.14. The topological polar surface area (TPSA) is 65.5 Å². The maximum Gasteiger partial charge on any atom is 0.296 e. The number of rotatable bonds is 3. The van der Waals surface area contributed by atoms with Gasteiger partial charge in [-0.05, 0) is 42.3 Å². The van der Waals surface area contributed by atoms with Crippen molar-refractivity contribution in [1.82, 2.24) is 4.98 Å².